The maximum Gasteiger partial charge on any atom is 0.249 e. The minimum atomic E-state index is -0.324. The molecule has 0 saturated heterocycles. The van der Waals surface area contributed by atoms with Crippen LogP contribution in [0, 0.1) is 17.3 Å². The van der Waals surface area contributed by atoms with E-state index in [-0.39, 0.29) is 11.9 Å². The third kappa shape index (κ3) is 2.42. The number of carbonyl (C=O) groups is 1. The lowest BCUT2D eigenvalue weighted by Gasteiger charge is -2.25. The highest BCUT2D eigenvalue weighted by atomic mass is 16.2. The summed E-state index contributed by atoms with van der Waals surface area (Å²) in [5.41, 5.74) is 12.9. The van der Waals surface area contributed by atoms with Crippen LogP contribution in [0.3, 0.4) is 0 Å². The van der Waals surface area contributed by atoms with Gasteiger partial charge in [0.25, 0.3) is 0 Å². The highest BCUT2D eigenvalue weighted by molar-refractivity contribution is 5.99. The van der Waals surface area contributed by atoms with Gasteiger partial charge in [0.2, 0.25) is 5.91 Å². The topological polar surface area (TPSA) is 67.1 Å². The van der Waals surface area contributed by atoms with Gasteiger partial charge in [0, 0.05) is 29.4 Å². The Morgan fingerprint density at radius 1 is 1.27 bits per heavy atom. The molecule has 0 aromatic rings. The van der Waals surface area contributed by atoms with Gasteiger partial charge in [-0.1, -0.05) is 37.5 Å². The normalized spacial score (nSPS) is 33.2. The number of allylic oxidation sites excluding steroid dienone is 3. The van der Waals surface area contributed by atoms with E-state index in [1.54, 1.807) is 0 Å². The van der Waals surface area contributed by atoms with Gasteiger partial charge >= 0.3 is 0 Å². The molecular weight excluding hydrogens is 322 g/mol. The standard InChI is InChI=1S/C22H29N3O/c1-13-10-14-6-5-7-15(20(14)25-13)19(23)18-16(12-24-21(18)26)17-11-22(17)8-3-2-4-9-22/h5,7,10,14,17,19,25H,2-4,6,8-9,11-12,23H2,1H3,(H,24,26)/t14?,17?,19-/m1/s1. The molecule has 4 heteroatoms. The first-order valence-electron chi connectivity index (χ1n) is 10.2. The molecule has 5 rings (SSSR count). The number of rotatable bonds is 3. The molecule has 138 valence electrons. The van der Waals surface area contributed by atoms with Crippen molar-refractivity contribution in [1.82, 2.24) is 10.6 Å². The molecular formula is C22H29N3O. The van der Waals surface area contributed by atoms with Crippen molar-refractivity contribution in [2.75, 3.05) is 6.54 Å². The fourth-order valence-corrected chi connectivity index (χ4v) is 5.87. The van der Waals surface area contributed by atoms with Crippen molar-refractivity contribution in [2.45, 2.75) is 57.9 Å². The van der Waals surface area contributed by atoms with Crippen LogP contribution >= 0.6 is 0 Å². The Balaban J connectivity index is 1.48. The van der Waals surface area contributed by atoms with E-state index < -0.39 is 0 Å². The van der Waals surface area contributed by atoms with Gasteiger partial charge in [-0.2, -0.15) is 0 Å². The van der Waals surface area contributed by atoms with Crippen molar-refractivity contribution in [3.63, 3.8) is 0 Å². The lowest BCUT2D eigenvalue weighted by atomic mass is 9.81. The molecule has 0 aromatic carbocycles. The maximum atomic E-state index is 12.7. The number of fused-ring (bicyclic) bond motifs is 1. The Bertz CT molecular complexity index is 779. The van der Waals surface area contributed by atoms with Crippen LogP contribution in [0.25, 0.3) is 0 Å². The smallest absolute Gasteiger partial charge is 0.249 e. The van der Waals surface area contributed by atoms with E-state index in [0.717, 1.165) is 17.6 Å². The first-order chi connectivity index (χ1) is 12.6. The fourth-order valence-electron chi connectivity index (χ4n) is 5.87. The molecule has 4 N–H and O–H groups in total. The van der Waals surface area contributed by atoms with E-state index in [1.165, 1.54) is 55.5 Å². The zero-order valence-electron chi connectivity index (χ0n) is 15.6. The number of hydrogen-bond acceptors (Lipinski definition) is 3. The largest absolute Gasteiger partial charge is 0.362 e. The number of nitrogens with two attached hydrogens (primary N) is 1. The SMILES string of the molecule is CC1=CC2CC=CC([C@@H](N)C3=C(C4CC45CCCCC5)CNC3=O)=C2N1. The van der Waals surface area contributed by atoms with Gasteiger partial charge in [-0.3, -0.25) is 4.79 Å². The molecule has 2 aliphatic heterocycles. The second-order valence-electron chi connectivity index (χ2n) is 8.87. The average Bonchev–Trinajstić information content (AvgIpc) is 2.98. The van der Waals surface area contributed by atoms with E-state index in [0.29, 0.717) is 23.8 Å². The van der Waals surface area contributed by atoms with Crippen molar-refractivity contribution in [2.24, 2.45) is 23.0 Å². The van der Waals surface area contributed by atoms with Crippen LogP contribution in [0.2, 0.25) is 0 Å². The molecule has 1 amide bonds. The minimum absolute atomic E-state index is 0.0525. The quantitative estimate of drug-likeness (QED) is 0.732. The molecule has 4 nitrogen and oxygen atoms in total. The molecule has 0 radical (unpaired) electrons. The summed E-state index contributed by atoms with van der Waals surface area (Å²) in [5, 5.41) is 6.58. The van der Waals surface area contributed by atoms with Gasteiger partial charge < -0.3 is 16.4 Å². The first-order valence-corrected chi connectivity index (χ1v) is 10.2. The van der Waals surface area contributed by atoms with Crippen LogP contribution in [-0.2, 0) is 4.79 Å². The lowest BCUT2D eigenvalue weighted by molar-refractivity contribution is -0.116. The van der Waals surface area contributed by atoms with Crippen LogP contribution in [0.15, 0.2) is 46.3 Å². The van der Waals surface area contributed by atoms with Gasteiger partial charge in [0.05, 0.1) is 6.04 Å². The van der Waals surface area contributed by atoms with E-state index >= 15 is 0 Å². The Kier molecular flexibility index (Phi) is 3.68. The van der Waals surface area contributed by atoms with Gasteiger partial charge in [-0.05, 0) is 55.1 Å². The van der Waals surface area contributed by atoms with E-state index in [1.807, 2.05) is 0 Å². The second kappa shape index (κ2) is 5.85. The molecule has 2 heterocycles. The van der Waals surface area contributed by atoms with Gasteiger partial charge in [-0.25, -0.2) is 0 Å². The summed E-state index contributed by atoms with van der Waals surface area (Å²) in [6.45, 7) is 2.80. The molecule has 26 heavy (non-hydrogen) atoms. The summed E-state index contributed by atoms with van der Waals surface area (Å²) >= 11 is 0. The molecule has 2 fully saturated rings. The molecule has 2 saturated carbocycles. The molecule has 0 bridgehead atoms. The minimum Gasteiger partial charge on any atom is -0.362 e. The predicted octanol–water partition coefficient (Wildman–Crippen LogP) is 3.05. The van der Waals surface area contributed by atoms with Crippen molar-refractivity contribution < 1.29 is 4.79 Å². The monoisotopic (exact) mass is 351 g/mol. The highest BCUT2D eigenvalue weighted by Gasteiger charge is 2.57. The van der Waals surface area contributed by atoms with E-state index in [9.17, 15) is 4.79 Å². The predicted molar refractivity (Wildman–Crippen MR) is 103 cm³/mol. The van der Waals surface area contributed by atoms with Crippen molar-refractivity contribution in [3.05, 3.63) is 46.3 Å². The van der Waals surface area contributed by atoms with Crippen LogP contribution in [0.1, 0.15) is 51.9 Å². The lowest BCUT2D eigenvalue weighted by Crippen LogP contribution is -2.34. The highest BCUT2D eigenvalue weighted by Crippen LogP contribution is 2.65. The Hall–Kier alpha value is -1.81. The van der Waals surface area contributed by atoms with Crippen molar-refractivity contribution in [1.29, 1.82) is 0 Å². The first kappa shape index (κ1) is 16.4. The Morgan fingerprint density at radius 3 is 2.88 bits per heavy atom. The van der Waals surface area contributed by atoms with E-state index in [4.69, 9.17) is 5.73 Å². The summed E-state index contributed by atoms with van der Waals surface area (Å²) < 4.78 is 0. The van der Waals surface area contributed by atoms with E-state index in [2.05, 4.69) is 35.8 Å². The third-order valence-corrected chi connectivity index (χ3v) is 7.29. The summed E-state index contributed by atoms with van der Waals surface area (Å²) in [5.74, 6) is 1.02. The van der Waals surface area contributed by atoms with Crippen LogP contribution in [0.5, 0.6) is 0 Å². The zero-order valence-corrected chi connectivity index (χ0v) is 15.6. The second-order valence-corrected chi connectivity index (χ2v) is 8.87. The van der Waals surface area contributed by atoms with Crippen molar-refractivity contribution >= 4 is 5.91 Å². The van der Waals surface area contributed by atoms with Crippen LogP contribution < -0.4 is 16.4 Å². The molecule has 5 aliphatic rings. The summed E-state index contributed by atoms with van der Waals surface area (Å²) in [4.78, 5) is 12.7. The van der Waals surface area contributed by atoms with Crippen molar-refractivity contribution in [3.8, 4) is 0 Å². The van der Waals surface area contributed by atoms with Crippen LogP contribution in [-0.4, -0.2) is 18.5 Å². The number of nitrogens with one attached hydrogen (secondary N) is 2. The maximum absolute atomic E-state index is 12.7. The molecule has 1 spiro atoms. The molecule has 3 aliphatic carbocycles. The Labute approximate surface area is 155 Å². The van der Waals surface area contributed by atoms with Gasteiger partial charge in [-0.15, -0.1) is 0 Å². The molecule has 0 aromatic heterocycles. The Morgan fingerprint density at radius 2 is 2.08 bits per heavy atom. The number of hydrogen-bond donors (Lipinski definition) is 3. The zero-order chi connectivity index (χ0) is 17.9. The average molecular weight is 351 g/mol. The molecule has 3 atom stereocenters. The summed E-state index contributed by atoms with van der Waals surface area (Å²) in [7, 11) is 0. The van der Waals surface area contributed by atoms with Crippen LogP contribution in [0.4, 0.5) is 0 Å². The van der Waals surface area contributed by atoms with Gasteiger partial charge in [0.15, 0.2) is 0 Å². The summed E-state index contributed by atoms with van der Waals surface area (Å²) in [6.07, 6.45) is 15.6. The number of amides is 1. The summed E-state index contributed by atoms with van der Waals surface area (Å²) in [6, 6.07) is -0.324. The molecule has 2 unspecified atom stereocenters. The van der Waals surface area contributed by atoms with Gasteiger partial charge in [0.1, 0.15) is 0 Å². The number of carbonyl (C=O) groups excluding carboxylic acids is 1. The fraction of sp³-hybridized carbons (Fsp3) is 0.591. The third-order valence-electron chi connectivity index (χ3n) is 7.29.